The Morgan fingerprint density at radius 3 is 2.52 bits per heavy atom. The number of fused-ring (bicyclic) bond motifs is 1. The molecule has 0 unspecified atom stereocenters. The van der Waals surface area contributed by atoms with Crippen molar-refractivity contribution in [2.75, 3.05) is 39.3 Å². The number of benzene rings is 2. The minimum absolute atomic E-state index is 0.0000175. The summed E-state index contributed by atoms with van der Waals surface area (Å²) in [7, 11) is 0. The van der Waals surface area contributed by atoms with Gasteiger partial charge < -0.3 is 15.0 Å². The zero-order chi connectivity index (χ0) is 19.2. The molecule has 0 saturated carbocycles. The highest BCUT2D eigenvalue weighted by Gasteiger charge is 2.23. The second-order valence-corrected chi connectivity index (χ2v) is 6.82. The van der Waals surface area contributed by atoms with Crippen LogP contribution in [0, 0.1) is 0 Å². The van der Waals surface area contributed by atoms with Crippen LogP contribution in [0.15, 0.2) is 42.5 Å². The van der Waals surface area contributed by atoms with E-state index in [9.17, 15) is 9.59 Å². The van der Waals surface area contributed by atoms with Gasteiger partial charge in [-0.05, 0) is 30.2 Å². The van der Waals surface area contributed by atoms with E-state index < -0.39 is 0 Å². The fourth-order valence-electron chi connectivity index (χ4n) is 3.50. The highest BCUT2D eigenvalue weighted by molar-refractivity contribution is 5.87. The summed E-state index contributed by atoms with van der Waals surface area (Å²) in [5, 5.41) is 5.44. The Morgan fingerprint density at radius 1 is 1.07 bits per heavy atom. The van der Waals surface area contributed by atoms with Crippen LogP contribution in [0.5, 0.6) is 0 Å². The van der Waals surface area contributed by atoms with Crippen LogP contribution in [-0.2, 0) is 9.53 Å². The van der Waals surface area contributed by atoms with E-state index in [1.54, 1.807) is 11.8 Å². The molecule has 1 aliphatic heterocycles. The van der Waals surface area contributed by atoms with Crippen molar-refractivity contribution >= 4 is 22.8 Å². The van der Waals surface area contributed by atoms with Crippen molar-refractivity contribution in [2.45, 2.75) is 19.9 Å². The molecule has 27 heavy (non-hydrogen) atoms. The lowest BCUT2D eigenvalue weighted by Gasteiger charge is -2.33. The molecule has 3 rings (SSSR count). The monoisotopic (exact) mass is 369 g/mol. The van der Waals surface area contributed by atoms with E-state index in [4.69, 9.17) is 4.74 Å². The summed E-state index contributed by atoms with van der Waals surface area (Å²) in [5.41, 5.74) is 1.12. The Kier molecular flexibility index (Phi) is 6.29. The standard InChI is InChI=1S/C21H27N3O3/c1-3-27-21(26)24-13-11-23(12-14-24)15-20(25)22-16(2)18-10-6-8-17-7-4-5-9-19(17)18/h4-10,16H,3,11-15H2,1-2H3,(H,22,25)/t16-/m1/s1. The highest BCUT2D eigenvalue weighted by atomic mass is 16.6. The van der Waals surface area contributed by atoms with Crippen LogP contribution in [-0.4, -0.2) is 61.1 Å². The number of piperazine rings is 1. The Balaban J connectivity index is 1.53. The molecule has 2 aromatic rings. The molecule has 0 aliphatic carbocycles. The number of hydrogen-bond acceptors (Lipinski definition) is 4. The third-order valence-corrected chi connectivity index (χ3v) is 4.93. The van der Waals surface area contributed by atoms with Gasteiger partial charge in [0.15, 0.2) is 0 Å². The maximum Gasteiger partial charge on any atom is 0.409 e. The largest absolute Gasteiger partial charge is 0.450 e. The second-order valence-electron chi connectivity index (χ2n) is 6.82. The van der Waals surface area contributed by atoms with Gasteiger partial charge in [-0.15, -0.1) is 0 Å². The van der Waals surface area contributed by atoms with Crippen molar-refractivity contribution < 1.29 is 14.3 Å². The van der Waals surface area contributed by atoms with Gasteiger partial charge in [0.2, 0.25) is 5.91 Å². The first-order valence-corrected chi connectivity index (χ1v) is 9.49. The molecule has 1 N–H and O–H groups in total. The molecular formula is C21H27N3O3. The van der Waals surface area contributed by atoms with Crippen LogP contribution in [0.2, 0.25) is 0 Å². The quantitative estimate of drug-likeness (QED) is 0.880. The van der Waals surface area contributed by atoms with Crippen molar-refractivity contribution in [3.8, 4) is 0 Å². The van der Waals surface area contributed by atoms with Crippen LogP contribution < -0.4 is 5.32 Å². The first-order chi connectivity index (χ1) is 13.1. The molecule has 6 heteroatoms. The first-order valence-electron chi connectivity index (χ1n) is 9.49. The number of amides is 2. The van der Waals surface area contributed by atoms with Crippen LogP contribution in [0.1, 0.15) is 25.5 Å². The fourth-order valence-corrected chi connectivity index (χ4v) is 3.50. The zero-order valence-electron chi connectivity index (χ0n) is 16.0. The number of ether oxygens (including phenoxy) is 1. The molecule has 1 aliphatic rings. The van der Waals surface area contributed by atoms with Gasteiger partial charge in [0.25, 0.3) is 0 Å². The second kappa shape index (κ2) is 8.86. The Bertz CT molecular complexity index is 795. The Hall–Kier alpha value is -2.60. The van der Waals surface area contributed by atoms with Crippen molar-refractivity contribution in [3.63, 3.8) is 0 Å². The number of nitrogens with one attached hydrogen (secondary N) is 1. The molecule has 0 aromatic heterocycles. The van der Waals surface area contributed by atoms with Crippen LogP contribution in [0.25, 0.3) is 10.8 Å². The summed E-state index contributed by atoms with van der Waals surface area (Å²) >= 11 is 0. The normalized spacial score (nSPS) is 16.1. The molecule has 2 aromatic carbocycles. The topological polar surface area (TPSA) is 61.9 Å². The number of hydrogen-bond donors (Lipinski definition) is 1. The van der Waals surface area contributed by atoms with E-state index in [1.807, 2.05) is 25.1 Å². The van der Waals surface area contributed by atoms with E-state index >= 15 is 0 Å². The summed E-state index contributed by atoms with van der Waals surface area (Å²) < 4.78 is 5.02. The summed E-state index contributed by atoms with van der Waals surface area (Å²) in [6.07, 6.45) is -0.272. The van der Waals surface area contributed by atoms with Gasteiger partial charge >= 0.3 is 6.09 Å². The molecule has 1 heterocycles. The molecule has 1 atom stereocenters. The molecule has 2 amide bonds. The van der Waals surface area contributed by atoms with Crippen molar-refractivity contribution in [1.29, 1.82) is 0 Å². The van der Waals surface area contributed by atoms with Gasteiger partial charge in [-0.1, -0.05) is 42.5 Å². The predicted octanol–water partition coefficient (Wildman–Crippen LogP) is 2.79. The van der Waals surface area contributed by atoms with Crippen molar-refractivity contribution in [2.24, 2.45) is 0 Å². The highest BCUT2D eigenvalue weighted by Crippen LogP contribution is 2.24. The summed E-state index contributed by atoms with van der Waals surface area (Å²) in [4.78, 5) is 28.0. The van der Waals surface area contributed by atoms with Crippen LogP contribution in [0.4, 0.5) is 4.79 Å². The molecule has 0 radical (unpaired) electrons. The van der Waals surface area contributed by atoms with Crippen molar-refractivity contribution in [3.05, 3.63) is 48.0 Å². The van der Waals surface area contributed by atoms with Gasteiger partial charge in [0.05, 0.1) is 19.2 Å². The van der Waals surface area contributed by atoms with E-state index in [2.05, 4.69) is 34.5 Å². The summed E-state index contributed by atoms with van der Waals surface area (Å²) in [6, 6.07) is 14.3. The maximum absolute atomic E-state index is 12.5. The molecule has 6 nitrogen and oxygen atoms in total. The molecular weight excluding hydrogens is 342 g/mol. The number of carbonyl (C=O) groups excluding carboxylic acids is 2. The van der Waals surface area contributed by atoms with Gasteiger partial charge in [-0.25, -0.2) is 4.79 Å². The zero-order valence-corrected chi connectivity index (χ0v) is 16.0. The van der Waals surface area contributed by atoms with Gasteiger partial charge in [-0.2, -0.15) is 0 Å². The minimum Gasteiger partial charge on any atom is -0.450 e. The molecule has 1 saturated heterocycles. The van der Waals surface area contributed by atoms with E-state index in [1.165, 1.54) is 5.39 Å². The third kappa shape index (κ3) is 4.77. The van der Waals surface area contributed by atoms with Crippen LogP contribution >= 0.6 is 0 Å². The first kappa shape index (κ1) is 19.2. The molecule has 0 bridgehead atoms. The van der Waals surface area contributed by atoms with Crippen molar-refractivity contribution in [1.82, 2.24) is 15.1 Å². The number of rotatable bonds is 5. The lowest BCUT2D eigenvalue weighted by atomic mass is 10.00. The number of carbonyl (C=O) groups is 2. The Morgan fingerprint density at radius 2 is 1.78 bits per heavy atom. The average Bonchev–Trinajstić information content (AvgIpc) is 2.68. The Labute approximate surface area is 160 Å². The summed E-state index contributed by atoms with van der Waals surface area (Å²) in [5.74, 6) is 0.0000175. The van der Waals surface area contributed by atoms with Gasteiger partial charge in [0, 0.05) is 26.2 Å². The average molecular weight is 369 g/mol. The lowest BCUT2D eigenvalue weighted by Crippen LogP contribution is -2.51. The SMILES string of the molecule is CCOC(=O)N1CCN(CC(=O)N[C@H](C)c2cccc3ccccc23)CC1. The third-order valence-electron chi connectivity index (χ3n) is 4.93. The van der Waals surface area contributed by atoms with Gasteiger partial charge in [0.1, 0.15) is 0 Å². The molecule has 0 spiro atoms. The number of nitrogens with zero attached hydrogens (tertiary/aromatic N) is 2. The lowest BCUT2D eigenvalue weighted by molar-refractivity contribution is -0.123. The fraction of sp³-hybridized carbons (Fsp3) is 0.429. The van der Waals surface area contributed by atoms with Crippen LogP contribution in [0.3, 0.4) is 0 Å². The molecule has 1 fully saturated rings. The van der Waals surface area contributed by atoms with E-state index in [-0.39, 0.29) is 18.0 Å². The smallest absolute Gasteiger partial charge is 0.409 e. The maximum atomic E-state index is 12.5. The summed E-state index contributed by atoms with van der Waals surface area (Å²) in [6.45, 7) is 7.06. The van der Waals surface area contributed by atoms with E-state index in [0.29, 0.717) is 39.3 Å². The molecule has 144 valence electrons. The predicted molar refractivity (Wildman–Crippen MR) is 106 cm³/mol. The van der Waals surface area contributed by atoms with E-state index in [0.717, 1.165) is 10.9 Å². The minimum atomic E-state index is -0.272. The van der Waals surface area contributed by atoms with Gasteiger partial charge in [-0.3, -0.25) is 9.69 Å².